The maximum absolute atomic E-state index is 13.1. The number of ether oxygens (including phenoxy) is 1. The summed E-state index contributed by atoms with van der Waals surface area (Å²) in [5, 5.41) is 6.20. The lowest BCUT2D eigenvalue weighted by atomic mass is 9.80. The third kappa shape index (κ3) is 4.31. The zero-order chi connectivity index (χ0) is 17.8. The van der Waals surface area contributed by atoms with Crippen LogP contribution in [0.5, 0.6) is 0 Å². The first-order valence-electron chi connectivity index (χ1n) is 9.54. The fourth-order valence-corrected chi connectivity index (χ4v) is 5.93. The Balaban J connectivity index is 1.66. The molecule has 2 heterocycles. The van der Waals surface area contributed by atoms with E-state index < -0.39 is 5.54 Å². The molecule has 0 radical (unpaired) electrons. The SMILES string of the molecule is CC(=O)NC1(C(=O)NCC2(N3CCOCC3)CCSC2)CCCCC1. The van der Waals surface area contributed by atoms with E-state index in [1.165, 1.54) is 6.92 Å². The normalized spacial score (nSPS) is 30.0. The zero-order valence-electron chi connectivity index (χ0n) is 15.3. The monoisotopic (exact) mass is 369 g/mol. The summed E-state index contributed by atoms with van der Waals surface area (Å²) in [5.74, 6) is 2.09. The van der Waals surface area contributed by atoms with Crippen molar-refractivity contribution in [2.75, 3.05) is 44.4 Å². The van der Waals surface area contributed by atoms with Crippen LogP contribution in [0.1, 0.15) is 45.4 Å². The summed E-state index contributed by atoms with van der Waals surface area (Å²) in [6.07, 6.45) is 5.74. The average Bonchev–Trinajstić information content (AvgIpc) is 3.11. The molecular weight excluding hydrogens is 338 g/mol. The van der Waals surface area contributed by atoms with Crippen molar-refractivity contribution in [3.05, 3.63) is 0 Å². The predicted molar refractivity (Wildman–Crippen MR) is 99.7 cm³/mol. The van der Waals surface area contributed by atoms with Crippen molar-refractivity contribution < 1.29 is 14.3 Å². The Morgan fingerprint density at radius 1 is 1.12 bits per heavy atom. The highest BCUT2D eigenvalue weighted by molar-refractivity contribution is 7.99. The largest absolute Gasteiger partial charge is 0.379 e. The molecule has 3 rings (SSSR count). The van der Waals surface area contributed by atoms with Crippen LogP contribution in [0.2, 0.25) is 0 Å². The van der Waals surface area contributed by atoms with Crippen molar-refractivity contribution in [3.8, 4) is 0 Å². The van der Waals surface area contributed by atoms with Crippen LogP contribution in [0.4, 0.5) is 0 Å². The maximum atomic E-state index is 13.1. The number of rotatable bonds is 5. The standard InChI is InChI=1S/C18H31N3O3S/c1-15(22)20-18(5-3-2-4-6-18)16(23)19-13-17(7-12-25-14-17)21-8-10-24-11-9-21/h2-14H2,1H3,(H,19,23)(H,20,22). The molecular formula is C18H31N3O3S. The van der Waals surface area contributed by atoms with Gasteiger partial charge in [0.1, 0.15) is 5.54 Å². The van der Waals surface area contributed by atoms with Crippen molar-refractivity contribution in [1.29, 1.82) is 0 Å². The molecule has 2 saturated heterocycles. The molecule has 2 aliphatic heterocycles. The van der Waals surface area contributed by atoms with E-state index in [2.05, 4.69) is 15.5 Å². The molecule has 7 heteroatoms. The smallest absolute Gasteiger partial charge is 0.245 e. The van der Waals surface area contributed by atoms with E-state index in [-0.39, 0.29) is 17.4 Å². The minimum Gasteiger partial charge on any atom is -0.379 e. The molecule has 1 unspecified atom stereocenters. The summed E-state index contributed by atoms with van der Waals surface area (Å²) in [6, 6.07) is 0. The van der Waals surface area contributed by atoms with Gasteiger partial charge in [0, 0.05) is 37.8 Å². The van der Waals surface area contributed by atoms with E-state index in [1.807, 2.05) is 11.8 Å². The topological polar surface area (TPSA) is 70.7 Å². The van der Waals surface area contributed by atoms with Crippen LogP contribution in [0.25, 0.3) is 0 Å². The van der Waals surface area contributed by atoms with Crippen molar-refractivity contribution in [3.63, 3.8) is 0 Å². The molecule has 0 spiro atoms. The van der Waals surface area contributed by atoms with Crippen molar-refractivity contribution in [2.24, 2.45) is 0 Å². The molecule has 1 saturated carbocycles. The second-order valence-electron chi connectivity index (χ2n) is 7.63. The van der Waals surface area contributed by atoms with Gasteiger partial charge in [-0.3, -0.25) is 14.5 Å². The van der Waals surface area contributed by atoms with Gasteiger partial charge in [-0.2, -0.15) is 11.8 Å². The summed E-state index contributed by atoms with van der Waals surface area (Å²) in [4.78, 5) is 27.2. The first-order valence-corrected chi connectivity index (χ1v) is 10.7. The first-order chi connectivity index (χ1) is 12.1. The van der Waals surface area contributed by atoms with Gasteiger partial charge < -0.3 is 15.4 Å². The molecule has 2 amide bonds. The number of nitrogens with one attached hydrogen (secondary N) is 2. The van der Waals surface area contributed by atoms with Crippen LogP contribution in [0, 0.1) is 0 Å². The highest BCUT2D eigenvalue weighted by Gasteiger charge is 2.44. The zero-order valence-corrected chi connectivity index (χ0v) is 16.1. The predicted octanol–water partition coefficient (Wildman–Crippen LogP) is 1.15. The van der Waals surface area contributed by atoms with Crippen molar-refractivity contribution in [2.45, 2.75) is 56.5 Å². The fraction of sp³-hybridized carbons (Fsp3) is 0.889. The Kier molecular flexibility index (Phi) is 6.28. The second-order valence-corrected chi connectivity index (χ2v) is 8.74. The lowest BCUT2D eigenvalue weighted by Crippen LogP contribution is -2.64. The Labute approximate surface area is 154 Å². The molecule has 2 N–H and O–H groups in total. The number of hydrogen-bond donors (Lipinski definition) is 2. The lowest BCUT2D eigenvalue weighted by molar-refractivity contribution is -0.135. The molecule has 6 nitrogen and oxygen atoms in total. The Morgan fingerprint density at radius 3 is 2.44 bits per heavy atom. The van der Waals surface area contributed by atoms with Crippen LogP contribution < -0.4 is 10.6 Å². The number of thioether (sulfide) groups is 1. The number of carbonyl (C=O) groups is 2. The van der Waals surface area contributed by atoms with Gasteiger partial charge in [0.15, 0.2) is 0 Å². The molecule has 0 aromatic carbocycles. The minimum atomic E-state index is -0.706. The lowest BCUT2D eigenvalue weighted by Gasteiger charge is -2.44. The van der Waals surface area contributed by atoms with E-state index >= 15 is 0 Å². The number of hydrogen-bond acceptors (Lipinski definition) is 5. The molecule has 1 atom stereocenters. The quantitative estimate of drug-likeness (QED) is 0.761. The van der Waals surface area contributed by atoms with Gasteiger partial charge >= 0.3 is 0 Å². The average molecular weight is 370 g/mol. The third-order valence-corrected chi connectivity index (χ3v) is 7.13. The van der Waals surface area contributed by atoms with Crippen molar-refractivity contribution >= 4 is 23.6 Å². The summed E-state index contributed by atoms with van der Waals surface area (Å²) < 4.78 is 5.50. The van der Waals surface area contributed by atoms with Gasteiger partial charge in [0.2, 0.25) is 11.8 Å². The van der Waals surface area contributed by atoms with Crippen LogP contribution in [0.3, 0.4) is 0 Å². The maximum Gasteiger partial charge on any atom is 0.245 e. The van der Waals surface area contributed by atoms with Gasteiger partial charge in [0.25, 0.3) is 0 Å². The van der Waals surface area contributed by atoms with E-state index in [4.69, 9.17) is 4.74 Å². The highest BCUT2D eigenvalue weighted by atomic mass is 32.2. The van der Waals surface area contributed by atoms with Crippen LogP contribution >= 0.6 is 11.8 Å². The molecule has 0 aromatic rings. The van der Waals surface area contributed by atoms with Gasteiger partial charge in [-0.25, -0.2) is 0 Å². The number of carbonyl (C=O) groups excluding carboxylic acids is 2. The summed E-state index contributed by atoms with van der Waals surface area (Å²) in [5.41, 5.74) is -0.668. The van der Waals surface area contributed by atoms with E-state index in [9.17, 15) is 9.59 Å². The van der Waals surface area contributed by atoms with Crippen LogP contribution in [-0.4, -0.2) is 72.1 Å². The van der Waals surface area contributed by atoms with E-state index in [0.29, 0.717) is 6.54 Å². The molecule has 25 heavy (non-hydrogen) atoms. The van der Waals surface area contributed by atoms with E-state index in [0.717, 1.165) is 76.3 Å². The Bertz CT molecular complexity index is 482. The number of morpholine rings is 1. The molecule has 142 valence electrons. The van der Waals surface area contributed by atoms with Gasteiger partial charge in [-0.05, 0) is 25.0 Å². The van der Waals surface area contributed by atoms with Gasteiger partial charge in [-0.1, -0.05) is 19.3 Å². The third-order valence-electron chi connectivity index (χ3n) is 5.90. The van der Waals surface area contributed by atoms with Crippen LogP contribution in [0.15, 0.2) is 0 Å². The summed E-state index contributed by atoms with van der Waals surface area (Å²) >= 11 is 1.97. The fourth-order valence-electron chi connectivity index (χ4n) is 4.45. The van der Waals surface area contributed by atoms with Crippen LogP contribution in [-0.2, 0) is 14.3 Å². The first kappa shape index (κ1) is 19.0. The molecule has 3 aliphatic rings. The summed E-state index contributed by atoms with van der Waals surface area (Å²) in [7, 11) is 0. The molecule has 3 fully saturated rings. The number of amides is 2. The summed E-state index contributed by atoms with van der Waals surface area (Å²) in [6.45, 7) is 5.60. The Hall–Kier alpha value is -0.790. The van der Waals surface area contributed by atoms with Gasteiger partial charge in [0.05, 0.1) is 13.2 Å². The molecule has 0 bridgehead atoms. The molecule has 0 aromatic heterocycles. The van der Waals surface area contributed by atoms with Gasteiger partial charge in [-0.15, -0.1) is 0 Å². The van der Waals surface area contributed by atoms with E-state index in [1.54, 1.807) is 0 Å². The highest BCUT2D eigenvalue weighted by Crippen LogP contribution is 2.34. The van der Waals surface area contributed by atoms with Crippen molar-refractivity contribution in [1.82, 2.24) is 15.5 Å². The second kappa shape index (κ2) is 8.27. The Morgan fingerprint density at radius 2 is 1.84 bits per heavy atom. The minimum absolute atomic E-state index is 0.00642. The molecule has 1 aliphatic carbocycles. The number of nitrogens with zero attached hydrogens (tertiary/aromatic N) is 1.